The summed E-state index contributed by atoms with van der Waals surface area (Å²) in [4.78, 5) is 3.43. The van der Waals surface area contributed by atoms with Gasteiger partial charge in [0.1, 0.15) is 0 Å². The van der Waals surface area contributed by atoms with Crippen LogP contribution in [0.1, 0.15) is 19.8 Å². The van der Waals surface area contributed by atoms with Crippen LogP contribution in [0, 0.1) is 0 Å². The first-order valence-corrected chi connectivity index (χ1v) is 7.70. The summed E-state index contributed by atoms with van der Waals surface area (Å²) >= 11 is 3.39. The van der Waals surface area contributed by atoms with Gasteiger partial charge in [0.15, 0.2) is 0 Å². The first-order chi connectivity index (χ1) is 8.17. The number of aliphatic hydroxyl groups excluding tert-OH is 1. The number of nitrogens with two attached hydrogens (primary N) is 1. The number of aliphatic hydroxyl groups is 1. The van der Waals surface area contributed by atoms with Gasteiger partial charge in [-0.1, -0.05) is 18.3 Å². The molecule has 98 valence electrons. The van der Waals surface area contributed by atoms with Crippen LogP contribution < -0.4 is 5.73 Å². The Bertz CT molecular complexity index is 282. The van der Waals surface area contributed by atoms with Crippen molar-refractivity contribution in [3.8, 4) is 0 Å². The minimum Gasteiger partial charge on any atom is -0.403 e. The molecule has 1 fully saturated rings. The molecule has 1 saturated heterocycles. The molecule has 3 N–H and O–H groups in total. The monoisotopic (exact) mass is 274 g/mol. The summed E-state index contributed by atoms with van der Waals surface area (Å²) in [6, 6.07) is 0.370. The minimum absolute atomic E-state index is 0.283. The number of allylic oxidation sites excluding steroid dienone is 1. The first-order valence-electron chi connectivity index (χ1n) is 5.90. The summed E-state index contributed by atoms with van der Waals surface area (Å²) in [5.41, 5.74) is 5.57. The van der Waals surface area contributed by atoms with Gasteiger partial charge < -0.3 is 10.8 Å². The second kappa shape index (κ2) is 8.08. The molecule has 3 nitrogen and oxygen atoms in total. The highest BCUT2D eigenvalue weighted by Crippen LogP contribution is 2.32. The lowest BCUT2D eigenvalue weighted by molar-refractivity contribution is 0.165. The van der Waals surface area contributed by atoms with Crippen LogP contribution in [0.25, 0.3) is 0 Å². The lowest BCUT2D eigenvalue weighted by Crippen LogP contribution is -2.33. The fraction of sp³-hybridized carbons (Fsp3) is 0.667. The Balaban J connectivity index is 2.24. The maximum Gasteiger partial charge on any atom is 0.0602 e. The molecule has 0 unspecified atom stereocenters. The number of hydrogen-bond donors (Lipinski definition) is 2. The van der Waals surface area contributed by atoms with Crippen LogP contribution in [-0.2, 0) is 0 Å². The van der Waals surface area contributed by atoms with Crippen molar-refractivity contribution in [1.82, 2.24) is 4.90 Å². The minimum atomic E-state index is 0.283. The molecule has 5 heteroatoms. The highest BCUT2D eigenvalue weighted by molar-refractivity contribution is 8.23. The quantitative estimate of drug-likeness (QED) is 0.745. The van der Waals surface area contributed by atoms with Crippen LogP contribution in [0.4, 0.5) is 0 Å². The predicted octanol–water partition coefficient (Wildman–Crippen LogP) is 2.20. The normalized spacial score (nSPS) is 22.0. The molecule has 0 aromatic rings. The standard InChI is InChI=1S/C12H22N2OS2/c1-10(2)17-12(8-13)16-7-6-14-5-3-4-11(14)9-15/h8,11,15H,1,3-7,9,13H2,2H3/b12-8-/t11-/m0/s1. The van der Waals surface area contributed by atoms with Gasteiger partial charge in [-0.2, -0.15) is 0 Å². The highest BCUT2D eigenvalue weighted by Gasteiger charge is 2.22. The van der Waals surface area contributed by atoms with Crippen molar-refractivity contribution >= 4 is 23.5 Å². The van der Waals surface area contributed by atoms with Gasteiger partial charge in [0.05, 0.1) is 10.8 Å². The van der Waals surface area contributed by atoms with E-state index in [9.17, 15) is 5.11 Å². The maximum atomic E-state index is 9.21. The zero-order valence-corrected chi connectivity index (χ0v) is 12.0. The van der Waals surface area contributed by atoms with Crippen molar-refractivity contribution < 1.29 is 5.11 Å². The molecular formula is C12H22N2OS2. The molecule has 0 radical (unpaired) electrons. The van der Waals surface area contributed by atoms with E-state index in [-0.39, 0.29) is 6.61 Å². The van der Waals surface area contributed by atoms with Crippen LogP contribution in [-0.4, -0.2) is 41.5 Å². The van der Waals surface area contributed by atoms with Gasteiger partial charge in [0.2, 0.25) is 0 Å². The first kappa shape index (κ1) is 15.0. The summed E-state index contributed by atoms with van der Waals surface area (Å²) in [5.74, 6) is 1.01. The van der Waals surface area contributed by atoms with E-state index in [1.54, 1.807) is 29.7 Å². The Morgan fingerprint density at radius 1 is 1.65 bits per heavy atom. The number of hydrogen-bond acceptors (Lipinski definition) is 5. The van der Waals surface area contributed by atoms with E-state index < -0.39 is 0 Å². The summed E-state index contributed by atoms with van der Waals surface area (Å²) < 4.78 is 1.11. The largest absolute Gasteiger partial charge is 0.403 e. The zero-order chi connectivity index (χ0) is 12.7. The van der Waals surface area contributed by atoms with Crippen LogP contribution in [0.3, 0.4) is 0 Å². The third kappa shape index (κ3) is 5.38. The predicted molar refractivity (Wildman–Crippen MR) is 78.8 cm³/mol. The molecule has 0 saturated carbocycles. The van der Waals surface area contributed by atoms with Gasteiger partial charge in [-0.25, -0.2) is 0 Å². The Kier molecular flexibility index (Phi) is 7.11. The molecule has 1 atom stereocenters. The Morgan fingerprint density at radius 2 is 2.41 bits per heavy atom. The van der Waals surface area contributed by atoms with E-state index in [2.05, 4.69) is 11.5 Å². The van der Waals surface area contributed by atoms with E-state index >= 15 is 0 Å². The third-order valence-corrected chi connectivity index (χ3v) is 4.84. The second-order valence-corrected chi connectivity index (χ2v) is 6.89. The van der Waals surface area contributed by atoms with Gasteiger partial charge in [0.25, 0.3) is 0 Å². The number of likely N-dealkylation sites (tertiary alicyclic amines) is 1. The van der Waals surface area contributed by atoms with Crippen LogP contribution in [0.15, 0.2) is 21.9 Å². The molecule has 0 aromatic heterocycles. The van der Waals surface area contributed by atoms with E-state index in [1.165, 1.54) is 6.42 Å². The van der Waals surface area contributed by atoms with Crippen molar-refractivity contribution in [2.24, 2.45) is 5.73 Å². The molecule has 0 amide bonds. The topological polar surface area (TPSA) is 49.5 Å². The molecule has 17 heavy (non-hydrogen) atoms. The average Bonchev–Trinajstić information content (AvgIpc) is 2.74. The Hall–Kier alpha value is -0.100. The van der Waals surface area contributed by atoms with Gasteiger partial charge in [-0.15, -0.1) is 11.8 Å². The SMILES string of the molecule is C=C(C)S/C(=C\N)SCCN1CCC[C@H]1CO. The van der Waals surface area contributed by atoms with Crippen LogP contribution in [0.5, 0.6) is 0 Å². The summed E-state index contributed by atoms with van der Waals surface area (Å²) in [5, 5.41) is 9.21. The third-order valence-electron chi connectivity index (χ3n) is 2.74. The lowest BCUT2D eigenvalue weighted by atomic mass is 10.2. The van der Waals surface area contributed by atoms with Crippen LogP contribution in [0.2, 0.25) is 0 Å². The van der Waals surface area contributed by atoms with Crippen molar-refractivity contribution in [3.05, 3.63) is 21.9 Å². The van der Waals surface area contributed by atoms with Crippen molar-refractivity contribution in [1.29, 1.82) is 0 Å². The van der Waals surface area contributed by atoms with Gasteiger partial charge in [-0.05, 0) is 31.2 Å². The molecule has 1 heterocycles. The molecule has 1 rings (SSSR count). The number of thioether (sulfide) groups is 2. The zero-order valence-electron chi connectivity index (χ0n) is 10.4. The van der Waals surface area contributed by atoms with Gasteiger partial charge in [0, 0.05) is 24.5 Å². The molecule has 0 aromatic carbocycles. The van der Waals surface area contributed by atoms with Crippen molar-refractivity contribution in [2.75, 3.05) is 25.4 Å². The van der Waals surface area contributed by atoms with Gasteiger partial charge >= 0.3 is 0 Å². The molecular weight excluding hydrogens is 252 g/mol. The molecule has 0 spiro atoms. The summed E-state index contributed by atoms with van der Waals surface area (Å²) in [7, 11) is 0. The molecule has 1 aliphatic heterocycles. The Morgan fingerprint density at radius 3 is 3.00 bits per heavy atom. The summed E-state index contributed by atoms with van der Waals surface area (Å²) in [6.45, 7) is 8.26. The fourth-order valence-electron chi connectivity index (χ4n) is 1.94. The summed E-state index contributed by atoms with van der Waals surface area (Å²) in [6.07, 6.45) is 3.98. The van der Waals surface area contributed by atoms with E-state index in [0.29, 0.717) is 6.04 Å². The fourth-order valence-corrected chi connectivity index (χ4v) is 3.89. The second-order valence-electron chi connectivity index (χ2n) is 4.15. The van der Waals surface area contributed by atoms with E-state index in [0.717, 1.165) is 34.4 Å². The molecule has 0 bridgehead atoms. The molecule has 0 aliphatic carbocycles. The number of nitrogens with zero attached hydrogens (tertiary/aromatic N) is 1. The maximum absolute atomic E-state index is 9.21. The van der Waals surface area contributed by atoms with Crippen molar-refractivity contribution in [2.45, 2.75) is 25.8 Å². The highest BCUT2D eigenvalue weighted by atomic mass is 32.2. The van der Waals surface area contributed by atoms with E-state index in [4.69, 9.17) is 5.73 Å². The van der Waals surface area contributed by atoms with Gasteiger partial charge in [-0.3, -0.25) is 4.90 Å². The van der Waals surface area contributed by atoms with E-state index in [1.807, 2.05) is 6.92 Å². The molecule has 1 aliphatic rings. The smallest absolute Gasteiger partial charge is 0.0602 e. The van der Waals surface area contributed by atoms with Crippen molar-refractivity contribution in [3.63, 3.8) is 0 Å². The Labute approximate surface area is 113 Å². The number of rotatable bonds is 7. The van der Waals surface area contributed by atoms with Crippen LogP contribution >= 0.6 is 23.5 Å². The lowest BCUT2D eigenvalue weighted by Gasteiger charge is -2.22. The average molecular weight is 274 g/mol.